The van der Waals surface area contributed by atoms with Gasteiger partial charge in [-0.15, -0.1) is 11.8 Å². The molecule has 0 saturated carbocycles. The molecule has 0 bridgehead atoms. The van der Waals surface area contributed by atoms with Gasteiger partial charge in [0, 0.05) is 47.3 Å². The summed E-state index contributed by atoms with van der Waals surface area (Å²) in [4.78, 5) is 49.9. The lowest BCUT2D eigenvalue weighted by molar-refractivity contribution is -0.132. The lowest BCUT2D eigenvalue weighted by Gasteiger charge is -2.34. The van der Waals surface area contributed by atoms with E-state index in [0.717, 1.165) is 116 Å². The van der Waals surface area contributed by atoms with Crippen molar-refractivity contribution in [2.24, 2.45) is 47.3 Å². The number of methoxy groups -OCH3 is 5. The number of ether oxygens (including phenoxy) is 5. The second-order valence-electron chi connectivity index (χ2n) is 32.4. The number of Topliss-reactive ketones (excluding diaryl/α,β-unsaturated/α-hetero) is 4. The Balaban J connectivity index is 0.000000763. The van der Waals surface area contributed by atoms with Crippen molar-refractivity contribution >= 4 is 34.9 Å². The smallest absolute Gasteiger partial charge is 0.229 e. The molecule has 4 rings (SSSR count). The average Bonchev–Trinajstić information content (AvgIpc) is 0.817. The van der Waals surface area contributed by atoms with Gasteiger partial charge in [-0.3, -0.25) is 19.2 Å². The van der Waals surface area contributed by atoms with Crippen LogP contribution in [0.25, 0.3) is 0 Å². The van der Waals surface area contributed by atoms with Crippen molar-refractivity contribution in [1.29, 1.82) is 0 Å². The Morgan fingerprint density at radius 2 is 0.589 bits per heavy atom. The first-order valence-corrected chi connectivity index (χ1v) is 42.4. The Morgan fingerprint density at radius 1 is 0.321 bits per heavy atom. The maximum absolute atomic E-state index is 12.6. The second kappa shape index (κ2) is 55.8. The Labute approximate surface area is 682 Å². The minimum Gasteiger partial charge on any atom is -0.508 e. The number of carbonyl (C=O) groups excluding carboxylic acids is 4. The highest BCUT2D eigenvalue weighted by Crippen LogP contribution is 2.41. The number of allylic oxidation sites excluding steroid dienone is 28. The first kappa shape index (κ1) is 103. The number of carbonyl (C=O) groups is 4. The van der Waals surface area contributed by atoms with Crippen molar-refractivity contribution in [3.63, 3.8) is 0 Å². The summed E-state index contributed by atoms with van der Waals surface area (Å²) in [5.74, 6) is -3.00. The number of thioether (sulfide) groups is 1. The van der Waals surface area contributed by atoms with Crippen molar-refractivity contribution in [3.8, 4) is 0 Å². The van der Waals surface area contributed by atoms with Crippen molar-refractivity contribution in [2.75, 3.05) is 41.8 Å². The normalized spacial score (nSPS) is 24.0. The van der Waals surface area contributed by atoms with Crippen LogP contribution in [0.5, 0.6) is 0 Å². The summed E-state index contributed by atoms with van der Waals surface area (Å²) in [6.07, 6.45) is 47.2. The molecule has 0 radical (unpaired) electrons. The van der Waals surface area contributed by atoms with E-state index in [-0.39, 0.29) is 87.6 Å². The minimum absolute atomic E-state index is 0.00290. The molecule has 0 aromatic heterocycles. The molecule has 0 fully saturated rings. The van der Waals surface area contributed by atoms with E-state index >= 15 is 0 Å². The summed E-state index contributed by atoms with van der Waals surface area (Å²) in [6.45, 7) is 41.7. The molecular formula is C96H152O15S. The van der Waals surface area contributed by atoms with Gasteiger partial charge in [0.15, 0.2) is 23.0 Å². The van der Waals surface area contributed by atoms with Crippen LogP contribution in [-0.2, 0) is 42.9 Å². The zero-order chi connectivity index (χ0) is 85.1. The molecule has 0 amide bonds. The van der Waals surface area contributed by atoms with Crippen LogP contribution >= 0.6 is 11.8 Å². The maximum atomic E-state index is 12.6. The van der Waals surface area contributed by atoms with Gasteiger partial charge in [-0.05, 0) is 245 Å². The van der Waals surface area contributed by atoms with Crippen molar-refractivity contribution in [1.82, 2.24) is 0 Å². The van der Waals surface area contributed by atoms with E-state index in [9.17, 15) is 49.8 Å². The fourth-order valence-electron chi connectivity index (χ4n) is 14.3. The van der Waals surface area contributed by atoms with Crippen molar-refractivity contribution < 1.29 is 73.5 Å². The number of aliphatic hydroxyl groups excluding tert-OH is 6. The summed E-state index contributed by atoms with van der Waals surface area (Å²) < 4.78 is 25.5. The van der Waals surface area contributed by atoms with Gasteiger partial charge in [0.05, 0.1) is 46.6 Å². The van der Waals surface area contributed by atoms with Crippen LogP contribution in [0.15, 0.2) is 185 Å². The van der Waals surface area contributed by atoms with Crippen LogP contribution in [0, 0.1) is 47.3 Å². The van der Waals surface area contributed by atoms with Crippen LogP contribution in [-0.4, -0.2) is 120 Å². The number of aliphatic hydroxyl groups is 6. The monoisotopic (exact) mass is 1580 g/mol. The Hall–Kier alpha value is -6.69. The fraction of sp³-hybridized carbons (Fsp3) is 0.625. The van der Waals surface area contributed by atoms with E-state index in [1.54, 1.807) is 6.92 Å². The van der Waals surface area contributed by atoms with E-state index in [4.69, 9.17) is 23.7 Å². The van der Waals surface area contributed by atoms with Gasteiger partial charge in [0.2, 0.25) is 34.7 Å². The molecule has 12 unspecified atom stereocenters. The van der Waals surface area contributed by atoms with Crippen LogP contribution in [0.1, 0.15) is 280 Å². The Bertz CT molecular complexity index is 3510. The first-order chi connectivity index (χ1) is 52.8. The molecule has 112 heavy (non-hydrogen) atoms. The molecule has 15 nitrogen and oxygen atoms in total. The highest BCUT2D eigenvalue weighted by Gasteiger charge is 2.45. The third-order valence-electron chi connectivity index (χ3n) is 22.1. The molecule has 0 saturated heterocycles. The molecule has 16 heteroatoms. The van der Waals surface area contributed by atoms with E-state index < -0.39 is 41.9 Å². The predicted molar refractivity (Wildman–Crippen MR) is 466 cm³/mol. The van der Waals surface area contributed by atoms with Gasteiger partial charge in [0.25, 0.3) is 0 Å². The van der Waals surface area contributed by atoms with Gasteiger partial charge in [-0.1, -0.05) is 181 Å². The average molecular weight is 1580 g/mol. The Kier molecular flexibility index (Phi) is 51.4. The van der Waals surface area contributed by atoms with Crippen LogP contribution < -0.4 is 0 Å². The molecule has 0 heterocycles. The van der Waals surface area contributed by atoms with Gasteiger partial charge in [-0.25, -0.2) is 0 Å². The SMILES string of the molecule is CCC/C(C)=C/CC1C(C)C(=O)C(OC)=C(OC)C1O.COC1=C(O)C(=O)C(C)C(C/C=C(\C)CC/C=C(\C)CC/C=C(\C)CC/C=C(\C)CCC=C(C)C)C1O.COC1=C(O)C(C)C(C/C=C(\C)CC/C=C(\C)CCC=C(C)C)C(O)C1=O.COC1=C(SC)C(O)C(C/C=C(\C)CC/C=C(\C)CCC=C(C)C)C(C)C1=O. The third kappa shape index (κ3) is 36.4. The number of rotatable bonds is 40. The van der Waals surface area contributed by atoms with Gasteiger partial charge in [-0.2, -0.15) is 0 Å². The summed E-state index contributed by atoms with van der Waals surface area (Å²) in [6, 6.07) is 0. The highest BCUT2D eigenvalue weighted by molar-refractivity contribution is 8.02. The van der Waals surface area contributed by atoms with Gasteiger partial charge in [0.1, 0.15) is 24.1 Å². The van der Waals surface area contributed by atoms with Crippen molar-refractivity contribution in [3.05, 3.63) is 185 Å². The van der Waals surface area contributed by atoms with E-state index in [1.165, 1.54) is 114 Å². The molecule has 12 atom stereocenters. The van der Waals surface area contributed by atoms with Crippen LogP contribution in [0.2, 0.25) is 0 Å². The topological polar surface area (TPSA) is 236 Å². The molecule has 6 N–H and O–H groups in total. The lowest BCUT2D eigenvalue weighted by atomic mass is 9.77. The lowest BCUT2D eigenvalue weighted by Crippen LogP contribution is -2.40. The zero-order valence-corrected chi connectivity index (χ0v) is 75.0. The number of ketones is 4. The standard InChI is InChI=1S/C33H52O4.C24H38O3S.C23H36O4.C16H26O4/c1-23(2)13-9-14-24(3)15-10-16-25(4)17-11-18-26(5)19-12-20-27(6)21-22-29-28(7)30(34)32(36)33(37-8)31(29)35;1-16(2)10-8-11-17(3)12-9-13-18(4)14-15-20-19(5)21(25)23(27-6)24(28-7)22(20)26;1-15(2)9-7-10-16(3)11-8-12-17(4)13-14-19-18(5)20(24)23(27-6)22(26)21(19)25;1-6-7-10(2)8-9-12-11(3)13(17)15(19-4)16(20-5)14(12)18/h13,15,17,19,21,28-29,31,35-36H,9-12,14,16,18,20,22H2,1-8H3;10,12,14,19-20,22,26H,8-9,11,13,15H2,1-7H3;9,11,13,18-19,21,24-25H,7-8,10,12,14H2,1-6H3;8,11-12,14,18H,6-7,9H2,1-5H3/b24-15+,25-17+,26-19+,27-21+;17-12+,18-14+;16-11+,17-13+;10-8+. The summed E-state index contributed by atoms with van der Waals surface area (Å²) in [7, 11) is 7.09. The van der Waals surface area contributed by atoms with Crippen LogP contribution in [0.4, 0.5) is 0 Å². The summed E-state index contributed by atoms with van der Waals surface area (Å²) in [5.41, 5.74) is 16.4. The molecular weight excluding hydrogens is 1430 g/mol. The predicted octanol–water partition coefficient (Wildman–Crippen LogP) is 23.3. The second-order valence-corrected chi connectivity index (χ2v) is 33.2. The van der Waals surface area contributed by atoms with E-state index in [2.05, 4.69) is 184 Å². The first-order valence-electron chi connectivity index (χ1n) is 41.1. The molecule has 632 valence electrons. The molecule has 4 aliphatic rings. The summed E-state index contributed by atoms with van der Waals surface area (Å²) >= 11 is 1.41. The highest BCUT2D eigenvalue weighted by atomic mass is 32.2. The van der Waals surface area contributed by atoms with Gasteiger partial charge < -0.3 is 54.3 Å². The minimum atomic E-state index is -1.13. The molecule has 0 aliphatic heterocycles. The Morgan fingerprint density at radius 3 is 0.884 bits per heavy atom. The van der Waals surface area contributed by atoms with Gasteiger partial charge >= 0.3 is 0 Å². The number of hydrogen-bond donors (Lipinski definition) is 6. The third-order valence-corrected chi connectivity index (χ3v) is 22.9. The number of hydrogen-bond acceptors (Lipinski definition) is 16. The molecule has 0 aromatic rings. The van der Waals surface area contributed by atoms with E-state index in [1.807, 2.05) is 27.0 Å². The quantitative estimate of drug-likeness (QED) is 0.0313. The summed E-state index contributed by atoms with van der Waals surface area (Å²) in [5, 5.41) is 62.1. The van der Waals surface area contributed by atoms with Crippen molar-refractivity contribution in [2.45, 2.75) is 304 Å². The molecule has 0 aromatic carbocycles. The molecule has 0 spiro atoms. The van der Waals surface area contributed by atoms with E-state index in [0.29, 0.717) is 36.3 Å². The largest absolute Gasteiger partial charge is 0.508 e. The maximum Gasteiger partial charge on any atom is 0.229 e. The zero-order valence-electron chi connectivity index (χ0n) is 74.2. The molecule has 4 aliphatic carbocycles. The van der Waals surface area contributed by atoms with Crippen LogP contribution in [0.3, 0.4) is 0 Å². The fourth-order valence-corrected chi connectivity index (χ4v) is 15.1.